The second-order valence-corrected chi connectivity index (χ2v) is 13.1. The van der Waals surface area contributed by atoms with Crippen LogP contribution in [0.4, 0.5) is 5.69 Å². The molecule has 1 unspecified atom stereocenters. The molecule has 12 heteroatoms. The predicted octanol–water partition coefficient (Wildman–Crippen LogP) is 4.67. The molecule has 52 heavy (non-hydrogen) atoms. The number of nitrogens with one attached hydrogen (secondary N) is 3. The van der Waals surface area contributed by atoms with E-state index < -0.39 is 6.04 Å². The zero-order valence-corrected chi connectivity index (χ0v) is 29.2. The van der Waals surface area contributed by atoms with Crippen molar-refractivity contribution < 1.29 is 14.4 Å². The van der Waals surface area contributed by atoms with Crippen LogP contribution in [0.15, 0.2) is 83.9 Å². The number of aryl methyl sites for hydroxylation is 2. The number of rotatable bonds is 7. The molecule has 260 valence electrons. The second kappa shape index (κ2) is 14.0. The van der Waals surface area contributed by atoms with Gasteiger partial charge in [0, 0.05) is 60.7 Å². The summed E-state index contributed by atoms with van der Waals surface area (Å²) in [5.41, 5.74) is 7.28. The molecule has 2 aromatic carbocycles. The van der Waals surface area contributed by atoms with Gasteiger partial charge in [-0.05, 0) is 60.2 Å². The zero-order chi connectivity index (χ0) is 36.5. The topological polar surface area (TPSA) is 153 Å². The fraction of sp³-hybridized carbons (Fsp3) is 0.225. The first-order chi connectivity index (χ1) is 25.1. The molecule has 4 aromatic heterocycles. The summed E-state index contributed by atoms with van der Waals surface area (Å²) in [6.45, 7) is 4.26. The first-order valence-electron chi connectivity index (χ1n) is 17.0. The van der Waals surface area contributed by atoms with Gasteiger partial charge in [0.1, 0.15) is 11.7 Å². The van der Waals surface area contributed by atoms with E-state index in [1.165, 1.54) is 0 Å². The van der Waals surface area contributed by atoms with Gasteiger partial charge in [-0.3, -0.25) is 43.8 Å². The quantitative estimate of drug-likeness (QED) is 0.161. The lowest BCUT2D eigenvalue weighted by Gasteiger charge is -2.22. The summed E-state index contributed by atoms with van der Waals surface area (Å²) in [7, 11) is 3.56. The molecule has 0 aliphatic carbocycles. The van der Waals surface area contributed by atoms with Gasteiger partial charge < -0.3 is 10.6 Å². The lowest BCUT2D eigenvalue weighted by Crippen LogP contribution is -2.47. The second-order valence-electron chi connectivity index (χ2n) is 13.1. The molecule has 0 bridgehead atoms. The Morgan fingerprint density at radius 1 is 0.962 bits per heavy atom. The Balaban J connectivity index is 1.03. The summed E-state index contributed by atoms with van der Waals surface area (Å²) < 4.78 is 3.31. The summed E-state index contributed by atoms with van der Waals surface area (Å²) in [6, 6.07) is 20.2. The fourth-order valence-electron chi connectivity index (χ4n) is 6.42. The van der Waals surface area contributed by atoms with Gasteiger partial charge in [0.25, 0.3) is 5.91 Å². The van der Waals surface area contributed by atoms with E-state index in [-0.39, 0.29) is 48.0 Å². The Hall–Kier alpha value is -6.61. The van der Waals surface area contributed by atoms with Crippen LogP contribution in [-0.4, -0.2) is 54.4 Å². The fourth-order valence-corrected chi connectivity index (χ4v) is 6.42. The smallest absolute Gasteiger partial charge is 0.328 e. The maximum Gasteiger partial charge on any atom is 0.328 e. The highest BCUT2D eigenvalue weighted by Gasteiger charge is 2.26. The third kappa shape index (κ3) is 6.64. The summed E-state index contributed by atoms with van der Waals surface area (Å²) in [6.07, 6.45) is 4.17. The highest BCUT2D eigenvalue weighted by atomic mass is 16.2. The number of pyridine rings is 3. The number of benzene rings is 2. The van der Waals surface area contributed by atoms with Crippen LogP contribution in [0.1, 0.15) is 54.4 Å². The first kappa shape index (κ1) is 33.9. The minimum atomic E-state index is -0.486. The number of carbonyl (C=O) groups excluding carboxylic acids is 3. The SMILES string of the molecule is CC(C)c1nc(-c2cccc3cc(-c4ccc(C(=O)NCC#Cc5cccc(NC6CCC(=O)NC6=O)c5)nc4)ncc23)cc2c1n(C)c(=O)n2C. The normalized spacial score (nSPS) is 14.3. The Morgan fingerprint density at radius 3 is 2.56 bits per heavy atom. The first-order valence-corrected chi connectivity index (χ1v) is 17.0. The van der Waals surface area contributed by atoms with Crippen LogP contribution >= 0.6 is 0 Å². The molecule has 1 fully saturated rings. The van der Waals surface area contributed by atoms with Crippen molar-refractivity contribution in [2.75, 3.05) is 11.9 Å². The van der Waals surface area contributed by atoms with Crippen LogP contribution in [0.25, 0.3) is 44.3 Å². The summed E-state index contributed by atoms with van der Waals surface area (Å²) in [5, 5.41) is 10.2. The number of hydrogen-bond acceptors (Lipinski definition) is 8. The Morgan fingerprint density at radius 2 is 1.79 bits per heavy atom. The van der Waals surface area contributed by atoms with Crippen molar-refractivity contribution in [3.63, 3.8) is 0 Å². The van der Waals surface area contributed by atoms with Crippen LogP contribution in [0.3, 0.4) is 0 Å². The number of imidazole rings is 1. The Labute approximate surface area is 299 Å². The highest BCUT2D eigenvalue weighted by molar-refractivity contribution is 6.01. The zero-order valence-electron chi connectivity index (χ0n) is 29.2. The number of carbonyl (C=O) groups is 3. The standard InChI is InChI=1S/C40H36N8O4/c1-23(2)36-37-34(47(3)40(52)48(37)4)20-33(45-36)28-12-6-10-25-19-32(43-22-29(25)28)26-13-14-30(42-21-26)38(50)41-17-7-9-24-8-5-11-27(18-24)44-31-15-16-35(49)46-39(31)51/h5-6,8,10-14,18-23,31,44H,15-17H2,1-4H3,(H,41,50)(H,46,49,51). The molecule has 12 nitrogen and oxygen atoms in total. The van der Waals surface area contributed by atoms with E-state index in [2.05, 4.69) is 46.6 Å². The van der Waals surface area contributed by atoms with Crippen LogP contribution in [0, 0.1) is 11.8 Å². The van der Waals surface area contributed by atoms with Crippen molar-refractivity contribution in [3.8, 4) is 34.4 Å². The molecule has 3 N–H and O–H groups in total. The highest BCUT2D eigenvalue weighted by Crippen LogP contribution is 2.33. The van der Waals surface area contributed by atoms with Gasteiger partial charge >= 0.3 is 5.69 Å². The van der Waals surface area contributed by atoms with Crippen LogP contribution in [0.2, 0.25) is 0 Å². The third-order valence-electron chi connectivity index (χ3n) is 9.16. The molecule has 0 spiro atoms. The van der Waals surface area contributed by atoms with Crippen LogP contribution < -0.4 is 21.6 Å². The number of fused-ring (bicyclic) bond motifs is 2. The minimum absolute atomic E-state index is 0.0908. The van der Waals surface area contributed by atoms with Crippen molar-refractivity contribution in [3.05, 3.63) is 107 Å². The molecule has 0 saturated carbocycles. The number of anilines is 1. The Kier molecular flexibility index (Phi) is 9.09. The van der Waals surface area contributed by atoms with Crippen molar-refractivity contribution in [1.82, 2.24) is 34.7 Å². The van der Waals surface area contributed by atoms with Gasteiger partial charge in [-0.1, -0.05) is 50.0 Å². The molecular weight excluding hydrogens is 656 g/mol. The van der Waals surface area contributed by atoms with Crippen molar-refractivity contribution in [2.45, 2.75) is 38.6 Å². The average molecular weight is 693 g/mol. The molecule has 7 rings (SSSR count). The molecule has 6 aromatic rings. The Bertz CT molecular complexity index is 2520. The molecule has 5 heterocycles. The van der Waals surface area contributed by atoms with Gasteiger partial charge in [0.2, 0.25) is 11.8 Å². The maximum absolute atomic E-state index is 12.8. The van der Waals surface area contributed by atoms with Gasteiger partial charge in [-0.2, -0.15) is 0 Å². The monoisotopic (exact) mass is 692 g/mol. The molecule has 3 amide bonds. The van der Waals surface area contributed by atoms with E-state index in [1.807, 2.05) is 66.9 Å². The van der Waals surface area contributed by atoms with Crippen molar-refractivity contribution in [1.29, 1.82) is 0 Å². The van der Waals surface area contributed by atoms with E-state index in [0.717, 1.165) is 44.3 Å². The van der Waals surface area contributed by atoms with E-state index in [9.17, 15) is 19.2 Å². The molecule has 0 radical (unpaired) electrons. The van der Waals surface area contributed by atoms with Gasteiger partial charge in [-0.25, -0.2) is 4.79 Å². The largest absolute Gasteiger partial charge is 0.374 e. The van der Waals surface area contributed by atoms with Gasteiger partial charge in [-0.15, -0.1) is 0 Å². The molecular formula is C40H36N8O4. The number of aromatic nitrogens is 5. The summed E-state index contributed by atoms with van der Waals surface area (Å²) in [5.74, 6) is 5.12. The number of hydrogen-bond donors (Lipinski definition) is 3. The third-order valence-corrected chi connectivity index (χ3v) is 9.16. The number of nitrogens with zero attached hydrogens (tertiary/aromatic N) is 5. The predicted molar refractivity (Wildman–Crippen MR) is 199 cm³/mol. The minimum Gasteiger partial charge on any atom is -0.374 e. The number of amides is 3. The van der Waals surface area contributed by atoms with Crippen molar-refractivity contribution in [2.24, 2.45) is 14.1 Å². The van der Waals surface area contributed by atoms with E-state index in [4.69, 9.17) is 9.97 Å². The van der Waals surface area contributed by atoms with Gasteiger partial charge in [0.05, 0.1) is 34.7 Å². The molecule has 1 saturated heterocycles. The lowest BCUT2D eigenvalue weighted by molar-refractivity contribution is -0.133. The lowest BCUT2D eigenvalue weighted by atomic mass is 10.00. The van der Waals surface area contributed by atoms with Crippen LogP contribution in [-0.2, 0) is 23.7 Å². The van der Waals surface area contributed by atoms with E-state index >= 15 is 0 Å². The van der Waals surface area contributed by atoms with E-state index in [1.54, 1.807) is 35.5 Å². The van der Waals surface area contributed by atoms with Gasteiger partial charge in [0.15, 0.2) is 0 Å². The average Bonchev–Trinajstić information content (AvgIpc) is 3.37. The van der Waals surface area contributed by atoms with Crippen LogP contribution in [0.5, 0.6) is 0 Å². The summed E-state index contributed by atoms with van der Waals surface area (Å²) in [4.78, 5) is 63.2. The summed E-state index contributed by atoms with van der Waals surface area (Å²) >= 11 is 0. The molecule has 1 aliphatic heterocycles. The van der Waals surface area contributed by atoms with Crippen molar-refractivity contribution >= 4 is 45.2 Å². The number of piperidine rings is 1. The molecule has 1 atom stereocenters. The maximum atomic E-state index is 12.8. The van der Waals surface area contributed by atoms with E-state index in [0.29, 0.717) is 23.4 Å². The number of imide groups is 1. The molecule has 1 aliphatic rings.